The number of aryl methyl sites for hydroxylation is 2. The van der Waals surface area contributed by atoms with Crippen molar-refractivity contribution in [3.63, 3.8) is 0 Å². The number of nitrogens with two attached hydrogens (primary N) is 1. The first-order valence-electron chi connectivity index (χ1n) is 11.7. The predicted octanol–water partition coefficient (Wildman–Crippen LogP) is 2.90. The fourth-order valence-electron chi connectivity index (χ4n) is 3.77. The van der Waals surface area contributed by atoms with Crippen LogP contribution in [0.4, 0.5) is 11.5 Å². The largest absolute Gasteiger partial charge is 0.383 e. The number of nitrogens with zero attached hydrogens (tertiary/aromatic N) is 5. The number of nitrogen functional groups attached to an aromatic ring is 1. The minimum atomic E-state index is -0.666. The average Bonchev–Trinajstić information content (AvgIpc) is 3.17. The standard InChI is InChI=1S/C24H33N7O3S/c1-6-7-11-29(20-21(25)30(13-15(2)3)23(34)26-22(20)33)19(32)14-35-24-28-27-17(5)31(24)18-10-8-9-16(4)12-18/h8-10,12,15H,6-7,11,13-14,25H2,1-5H3,(H,26,33,34). The number of hydrogen-bond acceptors (Lipinski definition) is 7. The van der Waals surface area contributed by atoms with Crippen LogP contribution < -0.4 is 21.9 Å². The molecule has 0 fully saturated rings. The number of rotatable bonds is 10. The van der Waals surface area contributed by atoms with Crippen LogP contribution in [0.2, 0.25) is 0 Å². The number of carbonyl (C=O) groups is 1. The number of nitrogens with one attached hydrogen (secondary N) is 1. The van der Waals surface area contributed by atoms with Crippen molar-refractivity contribution in [1.29, 1.82) is 0 Å². The van der Waals surface area contributed by atoms with Crippen LogP contribution in [0.25, 0.3) is 5.69 Å². The number of carbonyl (C=O) groups excluding carboxylic acids is 1. The maximum absolute atomic E-state index is 13.4. The first-order chi connectivity index (χ1) is 16.6. The maximum atomic E-state index is 13.4. The lowest BCUT2D eigenvalue weighted by molar-refractivity contribution is -0.116. The van der Waals surface area contributed by atoms with Gasteiger partial charge in [-0.15, -0.1) is 10.2 Å². The smallest absolute Gasteiger partial charge is 0.330 e. The van der Waals surface area contributed by atoms with Gasteiger partial charge >= 0.3 is 5.69 Å². The molecule has 2 aromatic heterocycles. The second kappa shape index (κ2) is 11.4. The number of thioether (sulfide) groups is 1. The predicted molar refractivity (Wildman–Crippen MR) is 139 cm³/mol. The van der Waals surface area contributed by atoms with Gasteiger partial charge in [0.05, 0.1) is 5.75 Å². The monoisotopic (exact) mass is 499 g/mol. The number of amides is 1. The Bertz CT molecular complexity index is 1310. The summed E-state index contributed by atoms with van der Waals surface area (Å²) in [6.07, 6.45) is 1.50. The van der Waals surface area contributed by atoms with E-state index in [1.165, 1.54) is 21.2 Å². The molecule has 0 bridgehead atoms. The van der Waals surface area contributed by atoms with E-state index in [0.29, 0.717) is 30.5 Å². The Balaban J connectivity index is 1.93. The van der Waals surface area contributed by atoms with Gasteiger partial charge in [0.2, 0.25) is 5.91 Å². The van der Waals surface area contributed by atoms with Crippen molar-refractivity contribution in [2.75, 3.05) is 22.9 Å². The van der Waals surface area contributed by atoms with E-state index in [0.717, 1.165) is 17.7 Å². The zero-order valence-electron chi connectivity index (χ0n) is 20.9. The minimum absolute atomic E-state index is 0.000625. The third-order valence-electron chi connectivity index (χ3n) is 5.45. The molecule has 10 nitrogen and oxygen atoms in total. The second-order valence-corrected chi connectivity index (χ2v) is 9.83. The lowest BCUT2D eigenvalue weighted by atomic mass is 10.2. The molecule has 0 spiro atoms. The molecule has 0 radical (unpaired) electrons. The number of hydrogen-bond donors (Lipinski definition) is 2. The number of aromatic nitrogens is 5. The second-order valence-electron chi connectivity index (χ2n) is 8.89. The molecule has 1 aromatic carbocycles. The molecule has 2 heterocycles. The van der Waals surface area contributed by atoms with Gasteiger partial charge < -0.3 is 10.6 Å². The Morgan fingerprint density at radius 3 is 2.63 bits per heavy atom. The Hall–Kier alpha value is -3.34. The van der Waals surface area contributed by atoms with Crippen LogP contribution in [0, 0.1) is 19.8 Å². The summed E-state index contributed by atoms with van der Waals surface area (Å²) in [5.74, 6) is 0.554. The average molecular weight is 500 g/mol. The summed E-state index contributed by atoms with van der Waals surface area (Å²) >= 11 is 1.24. The number of anilines is 2. The Labute approximate surface area is 208 Å². The Kier molecular flexibility index (Phi) is 8.55. The number of aromatic amines is 1. The van der Waals surface area contributed by atoms with Crippen LogP contribution in [0.3, 0.4) is 0 Å². The van der Waals surface area contributed by atoms with Gasteiger partial charge in [0.15, 0.2) is 10.8 Å². The summed E-state index contributed by atoms with van der Waals surface area (Å²) < 4.78 is 3.21. The highest BCUT2D eigenvalue weighted by Gasteiger charge is 2.25. The lowest BCUT2D eigenvalue weighted by Crippen LogP contribution is -2.42. The molecule has 188 valence electrons. The van der Waals surface area contributed by atoms with Crippen LogP contribution >= 0.6 is 11.8 Å². The third kappa shape index (κ3) is 6.02. The van der Waals surface area contributed by atoms with Gasteiger partial charge in [-0.05, 0) is 43.9 Å². The van der Waals surface area contributed by atoms with E-state index in [4.69, 9.17) is 5.73 Å². The molecule has 0 aliphatic heterocycles. The van der Waals surface area contributed by atoms with Gasteiger partial charge in [-0.2, -0.15) is 0 Å². The molecule has 3 aromatic rings. The van der Waals surface area contributed by atoms with Crippen molar-refractivity contribution in [2.45, 2.75) is 59.2 Å². The van der Waals surface area contributed by atoms with Crippen molar-refractivity contribution in [3.05, 3.63) is 56.5 Å². The molecule has 3 rings (SSSR count). The number of unbranched alkanes of at least 4 members (excludes halogenated alkanes) is 1. The van der Waals surface area contributed by atoms with E-state index in [1.807, 2.05) is 63.5 Å². The van der Waals surface area contributed by atoms with E-state index >= 15 is 0 Å². The lowest BCUT2D eigenvalue weighted by Gasteiger charge is -2.24. The van der Waals surface area contributed by atoms with Crippen LogP contribution in [0.5, 0.6) is 0 Å². The molecular formula is C24H33N7O3S. The van der Waals surface area contributed by atoms with Crippen molar-refractivity contribution >= 4 is 29.2 Å². The van der Waals surface area contributed by atoms with Gasteiger partial charge in [-0.1, -0.05) is 51.1 Å². The summed E-state index contributed by atoms with van der Waals surface area (Å²) in [7, 11) is 0. The SMILES string of the molecule is CCCCN(C(=O)CSc1nnc(C)n1-c1cccc(C)c1)c1c(N)n(CC(C)C)c(=O)[nH]c1=O. The highest BCUT2D eigenvalue weighted by Crippen LogP contribution is 2.25. The summed E-state index contributed by atoms with van der Waals surface area (Å²) in [6, 6.07) is 7.94. The zero-order chi connectivity index (χ0) is 25.7. The first-order valence-corrected chi connectivity index (χ1v) is 12.7. The Morgan fingerprint density at radius 1 is 1.23 bits per heavy atom. The number of benzene rings is 1. The van der Waals surface area contributed by atoms with Crippen molar-refractivity contribution in [3.8, 4) is 5.69 Å². The summed E-state index contributed by atoms with van der Waals surface area (Å²) in [6.45, 7) is 10.4. The van der Waals surface area contributed by atoms with Crippen LogP contribution in [0.15, 0.2) is 39.0 Å². The molecular weight excluding hydrogens is 466 g/mol. The molecule has 3 N–H and O–H groups in total. The third-order valence-corrected chi connectivity index (χ3v) is 6.36. The molecule has 1 amide bonds. The number of H-pyrrole nitrogens is 1. The quantitative estimate of drug-likeness (QED) is 0.410. The van der Waals surface area contributed by atoms with E-state index in [9.17, 15) is 14.4 Å². The summed E-state index contributed by atoms with van der Waals surface area (Å²) in [5.41, 5.74) is 7.06. The van der Waals surface area contributed by atoms with E-state index < -0.39 is 11.2 Å². The van der Waals surface area contributed by atoms with Gasteiger partial charge in [0.1, 0.15) is 11.6 Å². The van der Waals surface area contributed by atoms with Crippen LogP contribution in [-0.2, 0) is 11.3 Å². The summed E-state index contributed by atoms with van der Waals surface area (Å²) in [4.78, 5) is 42.3. The minimum Gasteiger partial charge on any atom is -0.383 e. The fraction of sp³-hybridized carbons (Fsp3) is 0.458. The Morgan fingerprint density at radius 2 is 1.97 bits per heavy atom. The molecule has 0 aliphatic carbocycles. The van der Waals surface area contributed by atoms with Crippen LogP contribution in [-0.4, -0.2) is 42.5 Å². The van der Waals surface area contributed by atoms with E-state index in [1.54, 1.807) is 0 Å². The topological polar surface area (TPSA) is 132 Å². The van der Waals surface area contributed by atoms with E-state index in [-0.39, 0.29) is 29.1 Å². The molecule has 35 heavy (non-hydrogen) atoms. The summed E-state index contributed by atoms with van der Waals surface area (Å²) in [5, 5.41) is 9.01. The van der Waals surface area contributed by atoms with E-state index in [2.05, 4.69) is 15.2 Å². The van der Waals surface area contributed by atoms with Crippen LogP contribution in [0.1, 0.15) is 45.0 Å². The maximum Gasteiger partial charge on any atom is 0.330 e. The van der Waals surface area contributed by atoms with Crippen molar-refractivity contribution < 1.29 is 4.79 Å². The molecule has 11 heteroatoms. The highest BCUT2D eigenvalue weighted by atomic mass is 32.2. The highest BCUT2D eigenvalue weighted by molar-refractivity contribution is 7.99. The first kappa shape index (κ1) is 26.3. The molecule has 0 unspecified atom stereocenters. The zero-order valence-corrected chi connectivity index (χ0v) is 21.7. The van der Waals surface area contributed by atoms with Crippen molar-refractivity contribution in [1.82, 2.24) is 24.3 Å². The normalized spacial score (nSPS) is 11.3. The van der Waals surface area contributed by atoms with Crippen molar-refractivity contribution in [2.24, 2.45) is 5.92 Å². The molecule has 0 atom stereocenters. The van der Waals surface area contributed by atoms with Gasteiger partial charge in [-0.3, -0.25) is 23.7 Å². The molecule has 0 aliphatic rings. The van der Waals surface area contributed by atoms with Gasteiger partial charge in [0.25, 0.3) is 5.56 Å². The van der Waals surface area contributed by atoms with Gasteiger partial charge in [0, 0.05) is 18.8 Å². The molecule has 0 saturated carbocycles. The fourth-order valence-corrected chi connectivity index (χ4v) is 4.64. The van der Waals surface area contributed by atoms with Gasteiger partial charge in [-0.25, -0.2) is 4.79 Å². The molecule has 0 saturated heterocycles.